The lowest BCUT2D eigenvalue weighted by Gasteiger charge is -2.11. The van der Waals surface area contributed by atoms with Crippen molar-refractivity contribution in [1.82, 2.24) is 4.98 Å². The minimum atomic E-state index is -1.43. The number of hydrogen-bond acceptors (Lipinski definition) is 4. The van der Waals surface area contributed by atoms with Gasteiger partial charge in [0.05, 0.1) is 17.2 Å². The van der Waals surface area contributed by atoms with Gasteiger partial charge in [0.2, 0.25) is 0 Å². The molecule has 1 aromatic heterocycles. The predicted molar refractivity (Wildman–Crippen MR) is 86.8 cm³/mol. The maximum atomic E-state index is 12.0. The van der Waals surface area contributed by atoms with Gasteiger partial charge >= 0.3 is 5.97 Å². The van der Waals surface area contributed by atoms with Crippen molar-refractivity contribution in [2.24, 2.45) is 5.73 Å². The molecule has 0 aliphatic heterocycles. The maximum Gasteiger partial charge on any atom is 0.336 e. The third-order valence-electron chi connectivity index (χ3n) is 3.62. The molecule has 0 spiro atoms. The minimum absolute atomic E-state index is 0.138. The number of pyridine rings is 1. The van der Waals surface area contributed by atoms with Crippen LogP contribution in [0.4, 0.5) is 0 Å². The zero-order valence-corrected chi connectivity index (χ0v) is 13.1. The largest absolute Gasteiger partial charge is 0.478 e. The molecule has 0 unspecified atom stereocenters. The fraction of sp³-hybridized carbons (Fsp3) is 0.176. The number of amides is 1. The van der Waals surface area contributed by atoms with Gasteiger partial charge < -0.3 is 15.8 Å². The first kappa shape index (κ1) is 17.0. The summed E-state index contributed by atoms with van der Waals surface area (Å²) in [6, 6.07) is 8.24. The molecular formula is C17H15N3O4. The van der Waals surface area contributed by atoms with Crippen LogP contribution in [0.25, 0.3) is 11.3 Å². The number of H-pyrrole nitrogens is 1. The molecule has 4 N–H and O–H groups in total. The Morgan fingerprint density at radius 1 is 1.29 bits per heavy atom. The first-order valence-electron chi connectivity index (χ1n) is 7.11. The molecular weight excluding hydrogens is 310 g/mol. The standard InChI is InChI=1S/C17H15N3O4/c1-8(2)11-4-3-9(5-10(11)7-18)13-6-12(17(23)24)14(15(19)21)16(22)20-13/h3-6,8H,1-2H3,(H2,19,21)(H,20,22)(H,23,24). The number of hydrogen-bond donors (Lipinski definition) is 3. The van der Waals surface area contributed by atoms with Crippen LogP contribution in [0.2, 0.25) is 0 Å². The highest BCUT2D eigenvalue weighted by Gasteiger charge is 2.20. The van der Waals surface area contributed by atoms with Crippen LogP contribution >= 0.6 is 0 Å². The van der Waals surface area contributed by atoms with Gasteiger partial charge in [0.15, 0.2) is 0 Å². The van der Waals surface area contributed by atoms with Crippen LogP contribution in [-0.2, 0) is 0 Å². The monoisotopic (exact) mass is 325 g/mol. The second-order valence-corrected chi connectivity index (χ2v) is 5.54. The van der Waals surface area contributed by atoms with E-state index in [4.69, 9.17) is 5.73 Å². The van der Waals surface area contributed by atoms with E-state index in [1.807, 2.05) is 13.8 Å². The number of benzene rings is 1. The number of primary amides is 1. The summed E-state index contributed by atoms with van der Waals surface area (Å²) in [6.07, 6.45) is 0. The zero-order chi connectivity index (χ0) is 18.0. The van der Waals surface area contributed by atoms with Crippen LogP contribution in [0.5, 0.6) is 0 Å². The lowest BCUT2D eigenvalue weighted by atomic mass is 9.94. The normalized spacial score (nSPS) is 10.4. The zero-order valence-electron chi connectivity index (χ0n) is 13.1. The Bertz CT molecular complexity index is 936. The topological polar surface area (TPSA) is 137 Å². The molecule has 7 heteroatoms. The fourth-order valence-electron chi connectivity index (χ4n) is 2.45. The highest BCUT2D eigenvalue weighted by molar-refractivity contribution is 6.04. The summed E-state index contributed by atoms with van der Waals surface area (Å²) >= 11 is 0. The highest BCUT2D eigenvalue weighted by Crippen LogP contribution is 2.25. The van der Waals surface area contributed by atoms with Crippen molar-refractivity contribution in [3.05, 3.63) is 56.9 Å². The number of nitrogens with two attached hydrogens (primary N) is 1. The Kier molecular flexibility index (Phi) is 4.51. The number of nitrogens with one attached hydrogen (secondary N) is 1. The van der Waals surface area contributed by atoms with Gasteiger partial charge in [-0.05, 0) is 29.2 Å². The molecule has 0 fully saturated rings. The van der Waals surface area contributed by atoms with Gasteiger partial charge in [0, 0.05) is 5.69 Å². The molecule has 0 atom stereocenters. The van der Waals surface area contributed by atoms with Gasteiger partial charge in [-0.15, -0.1) is 0 Å². The third kappa shape index (κ3) is 3.03. The first-order chi connectivity index (χ1) is 11.3. The summed E-state index contributed by atoms with van der Waals surface area (Å²) in [4.78, 5) is 37.1. The lowest BCUT2D eigenvalue weighted by molar-refractivity contribution is 0.0691. The second-order valence-electron chi connectivity index (χ2n) is 5.54. The van der Waals surface area contributed by atoms with Crippen molar-refractivity contribution in [3.63, 3.8) is 0 Å². The van der Waals surface area contributed by atoms with E-state index in [9.17, 15) is 24.8 Å². The number of nitriles is 1. The Morgan fingerprint density at radius 2 is 1.96 bits per heavy atom. The summed E-state index contributed by atoms with van der Waals surface area (Å²) < 4.78 is 0. The molecule has 1 amide bonds. The van der Waals surface area contributed by atoms with Gasteiger partial charge in [0.25, 0.3) is 11.5 Å². The molecule has 0 aliphatic carbocycles. The quantitative estimate of drug-likeness (QED) is 0.787. The summed E-state index contributed by atoms with van der Waals surface area (Å²) in [6.45, 7) is 3.89. The van der Waals surface area contributed by atoms with E-state index in [2.05, 4.69) is 11.1 Å². The van der Waals surface area contributed by atoms with Crippen LogP contribution in [-0.4, -0.2) is 22.0 Å². The molecule has 0 aliphatic rings. The van der Waals surface area contributed by atoms with Crippen LogP contribution in [0.3, 0.4) is 0 Å². The van der Waals surface area contributed by atoms with Crippen molar-refractivity contribution < 1.29 is 14.7 Å². The Hall–Kier alpha value is -3.40. The molecule has 0 saturated carbocycles. The minimum Gasteiger partial charge on any atom is -0.478 e. The molecule has 1 aromatic carbocycles. The van der Waals surface area contributed by atoms with E-state index >= 15 is 0 Å². The van der Waals surface area contributed by atoms with E-state index < -0.39 is 28.6 Å². The van der Waals surface area contributed by atoms with Crippen LogP contribution in [0, 0.1) is 11.3 Å². The van der Waals surface area contributed by atoms with Gasteiger partial charge in [-0.2, -0.15) is 5.26 Å². The SMILES string of the molecule is CC(C)c1ccc(-c2cc(C(=O)O)c(C(N)=O)c(=O)[nH]2)cc1C#N. The van der Waals surface area contributed by atoms with Crippen molar-refractivity contribution >= 4 is 11.9 Å². The van der Waals surface area contributed by atoms with Gasteiger partial charge in [0.1, 0.15) is 5.56 Å². The van der Waals surface area contributed by atoms with E-state index in [1.165, 1.54) is 0 Å². The number of aromatic nitrogens is 1. The molecule has 0 bridgehead atoms. The van der Waals surface area contributed by atoms with Crippen molar-refractivity contribution in [1.29, 1.82) is 5.26 Å². The number of carbonyl (C=O) groups excluding carboxylic acids is 1. The molecule has 0 radical (unpaired) electrons. The fourth-order valence-corrected chi connectivity index (χ4v) is 2.45. The van der Waals surface area contributed by atoms with Crippen LogP contribution in [0.1, 0.15) is 51.6 Å². The molecule has 1 heterocycles. The van der Waals surface area contributed by atoms with E-state index in [1.54, 1.807) is 18.2 Å². The summed E-state index contributed by atoms with van der Waals surface area (Å²) in [5.41, 5.74) is 5.03. The number of carbonyl (C=O) groups is 2. The number of carboxylic acids is 1. The van der Waals surface area contributed by atoms with E-state index in [-0.39, 0.29) is 11.6 Å². The van der Waals surface area contributed by atoms with Crippen molar-refractivity contribution in [2.45, 2.75) is 19.8 Å². The molecule has 24 heavy (non-hydrogen) atoms. The van der Waals surface area contributed by atoms with Crippen LogP contribution in [0.15, 0.2) is 29.1 Å². The van der Waals surface area contributed by atoms with E-state index in [0.717, 1.165) is 11.6 Å². The molecule has 122 valence electrons. The average molecular weight is 325 g/mol. The number of rotatable bonds is 4. The lowest BCUT2D eigenvalue weighted by Crippen LogP contribution is -2.27. The number of aromatic carboxylic acids is 1. The first-order valence-corrected chi connectivity index (χ1v) is 7.11. The van der Waals surface area contributed by atoms with Gasteiger partial charge in [-0.1, -0.05) is 26.0 Å². The second kappa shape index (κ2) is 6.38. The Labute approximate surface area is 137 Å². The summed E-state index contributed by atoms with van der Waals surface area (Å²) in [5, 5.41) is 18.5. The van der Waals surface area contributed by atoms with Gasteiger partial charge in [-0.3, -0.25) is 9.59 Å². The van der Waals surface area contributed by atoms with E-state index in [0.29, 0.717) is 11.1 Å². The molecule has 2 rings (SSSR count). The number of nitrogens with zero attached hydrogens (tertiary/aromatic N) is 1. The summed E-state index contributed by atoms with van der Waals surface area (Å²) in [7, 11) is 0. The third-order valence-corrected chi connectivity index (χ3v) is 3.62. The Balaban J connectivity index is 2.71. The average Bonchev–Trinajstić information content (AvgIpc) is 2.52. The van der Waals surface area contributed by atoms with Gasteiger partial charge in [-0.25, -0.2) is 4.79 Å². The molecule has 7 nitrogen and oxygen atoms in total. The highest BCUT2D eigenvalue weighted by atomic mass is 16.4. The smallest absolute Gasteiger partial charge is 0.336 e. The van der Waals surface area contributed by atoms with Crippen molar-refractivity contribution in [2.75, 3.05) is 0 Å². The molecule has 0 saturated heterocycles. The number of carboxylic acid groups (broad SMARTS) is 1. The predicted octanol–water partition coefficient (Wildman–Crippen LogP) is 1.83. The summed E-state index contributed by atoms with van der Waals surface area (Å²) in [5.74, 6) is -2.41. The number of aromatic amines is 1. The maximum absolute atomic E-state index is 12.0. The Morgan fingerprint density at radius 3 is 2.46 bits per heavy atom. The molecule has 2 aromatic rings. The van der Waals surface area contributed by atoms with Crippen LogP contribution < -0.4 is 11.3 Å². The van der Waals surface area contributed by atoms with Crippen molar-refractivity contribution in [3.8, 4) is 17.3 Å².